The van der Waals surface area contributed by atoms with Gasteiger partial charge in [0, 0.05) is 0 Å². The van der Waals surface area contributed by atoms with Crippen molar-refractivity contribution >= 4 is 29.4 Å². The normalized spacial score (nSPS) is 10.3. The fraction of sp³-hybridized carbons (Fsp3) is 0.182. The highest BCUT2D eigenvalue weighted by molar-refractivity contribution is 7.13. The lowest BCUT2D eigenvalue weighted by atomic mass is 10.2. The van der Waals surface area contributed by atoms with Crippen LogP contribution in [0.5, 0.6) is 0 Å². The first-order valence-electron chi connectivity index (χ1n) is 5.09. The minimum absolute atomic E-state index is 0.117. The second-order valence-electron chi connectivity index (χ2n) is 3.48. The lowest BCUT2D eigenvalue weighted by molar-refractivity contribution is -0.141. The van der Waals surface area contributed by atoms with Gasteiger partial charge in [-0.25, -0.2) is 4.68 Å². The maximum absolute atomic E-state index is 11.2. The van der Waals surface area contributed by atoms with Gasteiger partial charge in [-0.05, 0) is 11.4 Å². The topological polar surface area (TPSA) is 87.2 Å². The summed E-state index contributed by atoms with van der Waals surface area (Å²) in [6, 6.07) is 3.69. The number of aromatic nitrogens is 2. The summed E-state index contributed by atoms with van der Waals surface area (Å²) >= 11 is 1.45. The fourth-order valence-corrected chi connectivity index (χ4v) is 2.23. The van der Waals surface area contributed by atoms with Crippen LogP contribution >= 0.6 is 11.3 Å². The van der Waals surface area contributed by atoms with Crippen molar-refractivity contribution in [1.29, 1.82) is 0 Å². The van der Waals surface area contributed by atoms with Gasteiger partial charge in [0.15, 0.2) is 6.29 Å². The lowest BCUT2D eigenvalue weighted by Gasteiger charge is -2.01. The molecule has 94 valence electrons. The number of hydrogen-bond donors (Lipinski definition) is 1. The molecule has 2 rings (SSSR count). The summed E-state index contributed by atoms with van der Waals surface area (Å²) in [6.07, 6.45) is 0.644. The van der Waals surface area contributed by atoms with E-state index in [2.05, 4.69) is 9.84 Å². The zero-order chi connectivity index (χ0) is 13.1. The van der Waals surface area contributed by atoms with Gasteiger partial charge in [0.05, 0.1) is 17.6 Å². The van der Waals surface area contributed by atoms with Crippen LogP contribution < -0.4 is 5.73 Å². The second kappa shape index (κ2) is 5.01. The monoisotopic (exact) mass is 265 g/mol. The summed E-state index contributed by atoms with van der Waals surface area (Å²) in [7, 11) is 1.28. The zero-order valence-corrected chi connectivity index (χ0v) is 10.4. The van der Waals surface area contributed by atoms with Gasteiger partial charge < -0.3 is 10.5 Å². The molecule has 0 radical (unpaired) electrons. The van der Waals surface area contributed by atoms with E-state index >= 15 is 0 Å². The molecule has 2 aromatic heterocycles. The summed E-state index contributed by atoms with van der Waals surface area (Å²) < 4.78 is 5.81. The minimum Gasteiger partial charge on any atom is -0.468 e. The summed E-state index contributed by atoms with van der Waals surface area (Å²) in [5.74, 6) is -0.307. The second-order valence-corrected chi connectivity index (χ2v) is 4.42. The molecule has 2 aromatic rings. The molecule has 0 unspecified atom stereocenters. The lowest BCUT2D eigenvalue weighted by Crippen LogP contribution is -2.14. The number of methoxy groups -OCH3 is 1. The smallest absolute Gasteiger partial charge is 0.327 e. The Morgan fingerprint density at radius 3 is 3.00 bits per heavy atom. The number of rotatable bonds is 4. The van der Waals surface area contributed by atoms with E-state index in [0.29, 0.717) is 17.5 Å². The number of nitrogen functional groups attached to an aromatic ring is 1. The Balaban J connectivity index is 2.45. The number of carbonyl (C=O) groups is 2. The third-order valence-electron chi connectivity index (χ3n) is 2.41. The average molecular weight is 265 g/mol. The molecule has 18 heavy (non-hydrogen) atoms. The molecular formula is C11H11N3O3S. The van der Waals surface area contributed by atoms with E-state index in [1.807, 2.05) is 17.5 Å². The van der Waals surface area contributed by atoms with Crippen molar-refractivity contribution in [3.63, 3.8) is 0 Å². The molecule has 0 fully saturated rings. The third kappa shape index (κ3) is 2.12. The Hall–Kier alpha value is -2.15. The van der Waals surface area contributed by atoms with Crippen molar-refractivity contribution in [3.8, 4) is 10.6 Å². The van der Waals surface area contributed by atoms with Gasteiger partial charge in [-0.2, -0.15) is 5.10 Å². The molecule has 0 aliphatic rings. The number of nitrogens with two attached hydrogens (primary N) is 1. The van der Waals surface area contributed by atoms with Crippen molar-refractivity contribution < 1.29 is 14.3 Å². The third-order valence-corrected chi connectivity index (χ3v) is 3.29. The summed E-state index contributed by atoms with van der Waals surface area (Å²) in [5, 5.41) is 6.06. The van der Waals surface area contributed by atoms with Crippen LogP contribution in [0.1, 0.15) is 10.4 Å². The Morgan fingerprint density at radius 1 is 1.67 bits per heavy atom. The predicted molar refractivity (Wildman–Crippen MR) is 67.4 cm³/mol. The minimum atomic E-state index is -0.473. The van der Waals surface area contributed by atoms with Gasteiger partial charge in [0.25, 0.3) is 0 Å². The highest BCUT2D eigenvalue weighted by Crippen LogP contribution is 2.29. The number of nitrogens with zero attached hydrogens (tertiary/aromatic N) is 2. The largest absolute Gasteiger partial charge is 0.468 e. The number of thiophene rings is 1. The molecule has 0 saturated carbocycles. The Kier molecular flexibility index (Phi) is 3.42. The number of esters is 1. The Bertz CT molecular complexity index is 575. The number of anilines is 1. The van der Waals surface area contributed by atoms with E-state index in [4.69, 9.17) is 5.73 Å². The van der Waals surface area contributed by atoms with Crippen LogP contribution in [0.3, 0.4) is 0 Å². The van der Waals surface area contributed by atoms with Gasteiger partial charge in [0.2, 0.25) is 0 Å². The number of hydrogen-bond acceptors (Lipinski definition) is 6. The first kappa shape index (κ1) is 12.3. The van der Waals surface area contributed by atoms with Crippen molar-refractivity contribution in [2.45, 2.75) is 6.54 Å². The van der Waals surface area contributed by atoms with E-state index < -0.39 is 5.97 Å². The van der Waals surface area contributed by atoms with Crippen LogP contribution in [0.2, 0.25) is 0 Å². The molecule has 0 saturated heterocycles. The van der Waals surface area contributed by atoms with Crippen LogP contribution in [0.15, 0.2) is 17.5 Å². The Labute approximate surface area is 107 Å². The van der Waals surface area contributed by atoms with Crippen LogP contribution in [-0.2, 0) is 16.1 Å². The van der Waals surface area contributed by atoms with Gasteiger partial charge in [-0.3, -0.25) is 9.59 Å². The molecule has 2 N–H and O–H groups in total. The molecule has 2 heterocycles. The molecule has 0 amide bonds. The van der Waals surface area contributed by atoms with Crippen molar-refractivity contribution in [2.75, 3.05) is 12.8 Å². The molecule has 0 atom stereocenters. The first-order chi connectivity index (χ1) is 8.67. The van der Waals surface area contributed by atoms with Crippen LogP contribution in [0.4, 0.5) is 5.82 Å². The van der Waals surface area contributed by atoms with E-state index in [-0.39, 0.29) is 12.4 Å². The van der Waals surface area contributed by atoms with Gasteiger partial charge in [-0.1, -0.05) is 6.07 Å². The molecule has 7 heteroatoms. The maximum atomic E-state index is 11.2. The SMILES string of the molecule is COC(=O)Cn1nc(-c2cccs2)c(C=O)c1N. The van der Waals surface area contributed by atoms with Crippen molar-refractivity contribution in [3.05, 3.63) is 23.1 Å². The van der Waals surface area contributed by atoms with E-state index in [1.54, 1.807) is 0 Å². The van der Waals surface area contributed by atoms with Gasteiger partial charge in [-0.15, -0.1) is 11.3 Å². The zero-order valence-electron chi connectivity index (χ0n) is 9.62. The molecule has 0 bridgehead atoms. The maximum Gasteiger partial charge on any atom is 0.327 e. The van der Waals surface area contributed by atoms with Crippen LogP contribution in [0, 0.1) is 0 Å². The molecule has 6 nitrogen and oxygen atoms in total. The summed E-state index contributed by atoms with van der Waals surface area (Å²) in [5.41, 5.74) is 6.57. The molecule has 0 aliphatic heterocycles. The van der Waals surface area contributed by atoms with Gasteiger partial charge >= 0.3 is 5.97 Å². The summed E-state index contributed by atoms with van der Waals surface area (Å²) in [6.45, 7) is -0.117. The molecule has 0 spiro atoms. The standard InChI is InChI=1S/C11H11N3O3S/c1-17-9(16)5-14-11(12)7(6-15)10(13-14)8-3-2-4-18-8/h2-4,6H,5,12H2,1H3. The van der Waals surface area contributed by atoms with Crippen molar-refractivity contribution in [1.82, 2.24) is 9.78 Å². The highest BCUT2D eigenvalue weighted by atomic mass is 32.1. The van der Waals surface area contributed by atoms with Crippen molar-refractivity contribution in [2.24, 2.45) is 0 Å². The quantitative estimate of drug-likeness (QED) is 0.662. The fourth-order valence-electron chi connectivity index (χ4n) is 1.51. The molecular weight excluding hydrogens is 254 g/mol. The highest BCUT2D eigenvalue weighted by Gasteiger charge is 2.18. The number of ether oxygens (including phenoxy) is 1. The summed E-state index contributed by atoms with van der Waals surface area (Å²) in [4.78, 5) is 23.1. The van der Waals surface area contributed by atoms with Gasteiger partial charge in [0.1, 0.15) is 18.1 Å². The van der Waals surface area contributed by atoms with Crippen LogP contribution in [-0.4, -0.2) is 29.1 Å². The number of carbonyl (C=O) groups excluding carboxylic acids is 2. The Morgan fingerprint density at radius 2 is 2.44 bits per heavy atom. The van der Waals surface area contributed by atoms with E-state index in [0.717, 1.165) is 4.88 Å². The van der Waals surface area contributed by atoms with E-state index in [1.165, 1.54) is 23.1 Å². The molecule has 0 aliphatic carbocycles. The average Bonchev–Trinajstić information content (AvgIpc) is 2.98. The molecule has 0 aromatic carbocycles. The van der Waals surface area contributed by atoms with Crippen LogP contribution in [0.25, 0.3) is 10.6 Å². The van der Waals surface area contributed by atoms with E-state index in [9.17, 15) is 9.59 Å². The predicted octanol–water partition coefficient (Wildman–Crippen LogP) is 1.18. The first-order valence-corrected chi connectivity index (χ1v) is 5.97. The number of aldehydes is 1.